The van der Waals surface area contributed by atoms with Gasteiger partial charge in [0.15, 0.2) is 0 Å². The molecule has 27 heavy (non-hydrogen) atoms. The van der Waals surface area contributed by atoms with Gasteiger partial charge in [-0.2, -0.15) is 0 Å². The summed E-state index contributed by atoms with van der Waals surface area (Å²) >= 11 is 0. The van der Waals surface area contributed by atoms with E-state index in [9.17, 15) is 15.0 Å². The lowest BCUT2D eigenvalue weighted by Gasteiger charge is -2.42. The van der Waals surface area contributed by atoms with Crippen LogP contribution in [0.25, 0.3) is 0 Å². The van der Waals surface area contributed by atoms with Crippen LogP contribution in [-0.2, 0) is 13.0 Å². The molecule has 0 bridgehead atoms. The van der Waals surface area contributed by atoms with Gasteiger partial charge in [-0.1, -0.05) is 36.4 Å². The average Bonchev–Trinajstić information content (AvgIpc) is 2.61. The zero-order chi connectivity index (χ0) is 19.9. The number of hydrogen-bond acceptors (Lipinski definition) is 4. The maximum Gasteiger partial charge on any atom is 0.408 e. The van der Waals surface area contributed by atoms with Crippen molar-refractivity contribution >= 4 is 6.09 Å². The van der Waals surface area contributed by atoms with Crippen molar-refractivity contribution in [3.63, 3.8) is 0 Å². The number of aliphatic hydroxyl groups is 1. The second-order valence-electron chi connectivity index (χ2n) is 7.64. The third kappa shape index (κ3) is 6.34. The third-order valence-electron chi connectivity index (χ3n) is 4.40. The summed E-state index contributed by atoms with van der Waals surface area (Å²) in [5.41, 5.74) is 1.37. The molecule has 1 heterocycles. The molecule has 2 rings (SSSR count). The molecule has 2 aromatic rings. The van der Waals surface area contributed by atoms with Gasteiger partial charge in [0.2, 0.25) is 0 Å². The Morgan fingerprint density at radius 3 is 2.37 bits per heavy atom. The van der Waals surface area contributed by atoms with Gasteiger partial charge in [0.1, 0.15) is 0 Å². The lowest BCUT2D eigenvalue weighted by Crippen LogP contribution is -2.58. The summed E-state index contributed by atoms with van der Waals surface area (Å²) in [5.74, 6) is 0. The number of amides is 1. The monoisotopic (exact) mass is 371 g/mol. The Morgan fingerprint density at radius 1 is 1.15 bits per heavy atom. The van der Waals surface area contributed by atoms with E-state index in [1.807, 2.05) is 63.2 Å². The Morgan fingerprint density at radius 2 is 1.81 bits per heavy atom. The quantitative estimate of drug-likeness (QED) is 0.664. The van der Waals surface area contributed by atoms with Crippen molar-refractivity contribution in [2.24, 2.45) is 0 Å². The molecule has 2 atom stereocenters. The molecule has 6 heteroatoms. The second kappa shape index (κ2) is 9.48. The first-order valence-corrected chi connectivity index (χ1v) is 9.13. The van der Waals surface area contributed by atoms with Crippen molar-refractivity contribution < 1.29 is 15.0 Å². The number of benzene rings is 1. The van der Waals surface area contributed by atoms with Gasteiger partial charge in [-0.25, -0.2) is 4.79 Å². The molecule has 146 valence electrons. The minimum Gasteiger partial charge on any atom is -0.465 e. The minimum absolute atomic E-state index is 0.284. The molecule has 0 saturated heterocycles. The molecule has 6 nitrogen and oxygen atoms in total. The number of rotatable bonds is 8. The van der Waals surface area contributed by atoms with E-state index in [2.05, 4.69) is 10.3 Å². The molecule has 0 radical (unpaired) electrons. The summed E-state index contributed by atoms with van der Waals surface area (Å²) in [6.07, 6.45) is 2.04. The van der Waals surface area contributed by atoms with Gasteiger partial charge in [0, 0.05) is 31.0 Å². The molecule has 1 aromatic heterocycles. The minimum atomic E-state index is -1.03. The first-order valence-electron chi connectivity index (χ1n) is 9.13. The number of aliphatic hydroxyl groups excluding tert-OH is 1. The second-order valence-corrected chi connectivity index (χ2v) is 7.64. The number of pyridine rings is 1. The van der Waals surface area contributed by atoms with E-state index in [4.69, 9.17) is 0 Å². The van der Waals surface area contributed by atoms with Crippen molar-refractivity contribution in [2.75, 3.05) is 6.54 Å². The van der Waals surface area contributed by atoms with Crippen LogP contribution < -0.4 is 5.32 Å². The average molecular weight is 371 g/mol. The van der Waals surface area contributed by atoms with Crippen molar-refractivity contribution in [1.29, 1.82) is 0 Å². The first kappa shape index (κ1) is 20.9. The molecule has 0 aliphatic heterocycles. The fourth-order valence-corrected chi connectivity index (χ4v) is 3.18. The van der Waals surface area contributed by atoms with Crippen molar-refractivity contribution in [3.8, 4) is 0 Å². The number of nitrogens with one attached hydrogen (secondary N) is 1. The molecule has 0 saturated carbocycles. The van der Waals surface area contributed by atoms with Gasteiger partial charge >= 0.3 is 6.09 Å². The van der Waals surface area contributed by atoms with Crippen LogP contribution >= 0.6 is 0 Å². The predicted molar refractivity (Wildman–Crippen MR) is 106 cm³/mol. The van der Waals surface area contributed by atoms with Crippen LogP contribution in [0.2, 0.25) is 0 Å². The number of nitrogens with zero attached hydrogens (tertiary/aromatic N) is 2. The summed E-state index contributed by atoms with van der Waals surface area (Å²) < 4.78 is 0. The normalized spacial score (nSPS) is 13.8. The highest BCUT2D eigenvalue weighted by atomic mass is 16.4. The molecular formula is C21H29N3O3. The standard InChI is InChI=1S/C21H29N3O3/c1-21(2,3)24(20(26)27)18(12-16-8-5-4-6-9-16)19(25)15-23-14-17-10-7-11-22-13-17/h4-11,13,18-19,23,25H,12,14-15H2,1-3H3,(H,26,27)/t18-,19+/m0/s1. The van der Waals surface area contributed by atoms with Gasteiger partial charge in [0.25, 0.3) is 0 Å². The van der Waals surface area contributed by atoms with E-state index in [1.54, 1.807) is 12.4 Å². The number of hydrogen-bond donors (Lipinski definition) is 3. The number of carbonyl (C=O) groups is 1. The van der Waals surface area contributed by atoms with Gasteiger partial charge in [-0.15, -0.1) is 0 Å². The van der Waals surface area contributed by atoms with Gasteiger partial charge in [0.05, 0.1) is 12.1 Å². The summed E-state index contributed by atoms with van der Waals surface area (Å²) in [6.45, 7) is 6.37. The lowest BCUT2D eigenvalue weighted by molar-refractivity contribution is 0.00770. The van der Waals surface area contributed by atoms with Crippen LogP contribution in [0.4, 0.5) is 4.79 Å². The maximum atomic E-state index is 12.0. The Balaban J connectivity index is 2.13. The van der Waals surface area contributed by atoms with Crippen LogP contribution in [0.5, 0.6) is 0 Å². The van der Waals surface area contributed by atoms with Crippen molar-refractivity contribution in [1.82, 2.24) is 15.2 Å². The molecule has 0 aliphatic carbocycles. The van der Waals surface area contributed by atoms with Crippen molar-refractivity contribution in [3.05, 3.63) is 66.0 Å². The smallest absolute Gasteiger partial charge is 0.408 e. The van der Waals surface area contributed by atoms with Gasteiger partial charge < -0.3 is 15.5 Å². The van der Waals surface area contributed by atoms with E-state index < -0.39 is 23.8 Å². The summed E-state index contributed by atoms with van der Waals surface area (Å²) in [5, 5.41) is 23.8. The van der Waals surface area contributed by atoms with Crippen LogP contribution in [0.15, 0.2) is 54.9 Å². The fourth-order valence-electron chi connectivity index (χ4n) is 3.18. The summed E-state index contributed by atoms with van der Waals surface area (Å²) in [6, 6.07) is 12.9. The fraction of sp³-hybridized carbons (Fsp3) is 0.429. The van der Waals surface area contributed by atoms with Gasteiger partial charge in [-0.3, -0.25) is 9.88 Å². The Hall–Kier alpha value is -2.44. The van der Waals surface area contributed by atoms with E-state index in [1.165, 1.54) is 4.90 Å². The molecule has 0 aliphatic rings. The largest absolute Gasteiger partial charge is 0.465 e. The molecule has 0 spiro atoms. The molecule has 1 aromatic carbocycles. The number of aromatic nitrogens is 1. The Bertz CT molecular complexity index is 702. The number of carboxylic acid groups (broad SMARTS) is 1. The Kier molecular flexibility index (Phi) is 7.33. The molecule has 1 amide bonds. The molecule has 0 unspecified atom stereocenters. The predicted octanol–water partition coefficient (Wildman–Crippen LogP) is 2.92. The van der Waals surface area contributed by atoms with E-state index in [0.717, 1.165) is 11.1 Å². The topological polar surface area (TPSA) is 85.7 Å². The summed E-state index contributed by atoms with van der Waals surface area (Å²) in [7, 11) is 0. The van der Waals surface area contributed by atoms with Crippen LogP contribution in [0, 0.1) is 0 Å². The van der Waals surface area contributed by atoms with E-state index in [-0.39, 0.29) is 6.54 Å². The highest BCUT2D eigenvalue weighted by molar-refractivity contribution is 5.66. The van der Waals surface area contributed by atoms with Crippen LogP contribution in [-0.4, -0.2) is 50.4 Å². The van der Waals surface area contributed by atoms with E-state index in [0.29, 0.717) is 13.0 Å². The maximum absolute atomic E-state index is 12.0. The molecular weight excluding hydrogens is 342 g/mol. The SMILES string of the molecule is CC(C)(C)N(C(=O)O)[C@@H](Cc1ccccc1)[C@H](O)CNCc1cccnc1. The zero-order valence-electron chi connectivity index (χ0n) is 16.2. The lowest BCUT2D eigenvalue weighted by atomic mass is 9.94. The van der Waals surface area contributed by atoms with Gasteiger partial charge in [-0.05, 0) is 44.4 Å². The highest BCUT2D eigenvalue weighted by Crippen LogP contribution is 2.22. The summed E-state index contributed by atoms with van der Waals surface area (Å²) in [4.78, 5) is 17.4. The third-order valence-corrected chi connectivity index (χ3v) is 4.40. The molecule has 3 N–H and O–H groups in total. The molecule has 0 fully saturated rings. The van der Waals surface area contributed by atoms with Crippen LogP contribution in [0.3, 0.4) is 0 Å². The Labute approximate surface area is 160 Å². The van der Waals surface area contributed by atoms with Crippen molar-refractivity contribution in [2.45, 2.75) is 51.4 Å². The van der Waals surface area contributed by atoms with E-state index >= 15 is 0 Å². The first-order chi connectivity index (χ1) is 12.8. The zero-order valence-corrected chi connectivity index (χ0v) is 16.2. The van der Waals surface area contributed by atoms with Crippen LogP contribution in [0.1, 0.15) is 31.9 Å². The highest BCUT2D eigenvalue weighted by Gasteiger charge is 2.37.